The number of aliphatic carboxylic acids is 2. The number of likely N-dealkylation sites (tertiary alicyclic amines) is 1. The number of nitrogens with zero attached hydrogens (tertiary/aromatic N) is 6. The van der Waals surface area contributed by atoms with Crippen molar-refractivity contribution in [1.29, 1.82) is 0 Å². The number of carbonyl (C=O) groups is 3. The molecule has 1 spiro atoms. The number of fused-ring (bicyclic) bond motifs is 2. The molecule has 5 rings (SSSR count). The summed E-state index contributed by atoms with van der Waals surface area (Å²) in [4.78, 5) is 38.7. The summed E-state index contributed by atoms with van der Waals surface area (Å²) in [5.41, 5.74) is 0.767. The lowest BCUT2D eigenvalue weighted by Crippen LogP contribution is -2.57. The van der Waals surface area contributed by atoms with E-state index < -0.39 is 24.3 Å². The molecule has 2 N–H and O–H groups in total. The molecule has 12 nitrogen and oxygen atoms in total. The van der Waals surface area contributed by atoms with Gasteiger partial charge in [0.05, 0.1) is 19.2 Å². The van der Waals surface area contributed by atoms with Gasteiger partial charge in [-0.15, -0.1) is 10.2 Å². The summed E-state index contributed by atoms with van der Waals surface area (Å²) in [5.74, 6) is -2.95. The van der Waals surface area contributed by atoms with Crippen LogP contribution in [0.2, 0.25) is 0 Å². The molecular formula is C24H28F6N6O6. The highest BCUT2D eigenvalue weighted by Crippen LogP contribution is 2.40. The first kappa shape index (κ1) is 32.6. The van der Waals surface area contributed by atoms with Crippen molar-refractivity contribution in [2.24, 2.45) is 5.92 Å². The number of carboxylic acid groups (broad SMARTS) is 2. The molecule has 18 heteroatoms. The lowest BCUT2D eigenvalue weighted by Gasteiger charge is -2.48. The van der Waals surface area contributed by atoms with Crippen LogP contribution in [0.1, 0.15) is 31.5 Å². The number of hydrogen-bond acceptors (Lipinski definition) is 8. The van der Waals surface area contributed by atoms with Gasteiger partial charge in [0.1, 0.15) is 0 Å². The zero-order valence-corrected chi connectivity index (χ0v) is 22.2. The van der Waals surface area contributed by atoms with Crippen LogP contribution in [0, 0.1) is 5.92 Å². The molecule has 0 bridgehead atoms. The Hall–Kier alpha value is -3.96. The summed E-state index contributed by atoms with van der Waals surface area (Å²) in [7, 11) is 1.44. The Morgan fingerprint density at radius 3 is 2.05 bits per heavy atom. The fraction of sp³-hybridized carbons (Fsp3) is 0.583. The van der Waals surface area contributed by atoms with Gasteiger partial charge >= 0.3 is 30.4 Å². The van der Waals surface area contributed by atoms with Crippen molar-refractivity contribution in [3.63, 3.8) is 0 Å². The van der Waals surface area contributed by atoms with Crippen LogP contribution in [-0.2, 0) is 26.4 Å². The Morgan fingerprint density at radius 2 is 1.60 bits per heavy atom. The molecule has 2 aromatic heterocycles. The highest BCUT2D eigenvalue weighted by Gasteiger charge is 2.46. The van der Waals surface area contributed by atoms with Crippen LogP contribution < -0.4 is 0 Å². The fourth-order valence-corrected chi connectivity index (χ4v) is 4.71. The minimum atomic E-state index is -5.08. The number of pyridine rings is 1. The van der Waals surface area contributed by atoms with Crippen molar-refractivity contribution in [3.05, 3.63) is 30.4 Å². The van der Waals surface area contributed by atoms with Crippen molar-refractivity contribution in [2.45, 2.75) is 50.1 Å². The third kappa shape index (κ3) is 8.29. The van der Waals surface area contributed by atoms with E-state index in [1.54, 1.807) is 11.1 Å². The summed E-state index contributed by atoms with van der Waals surface area (Å²) in [6.07, 6.45) is -2.16. The number of rotatable bonds is 3. The topological polar surface area (TPSA) is 151 Å². The highest BCUT2D eigenvalue weighted by atomic mass is 19.4. The molecule has 4 heterocycles. The van der Waals surface area contributed by atoms with Crippen LogP contribution in [-0.4, -0.2) is 103 Å². The van der Waals surface area contributed by atoms with Crippen molar-refractivity contribution < 1.29 is 55.7 Å². The van der Waals surface area contributed by atoms with Gasteiger partial charge in [-0.1, -0.05) is 0 Å². The number of hydrogen-bond donors (Lipinski definition) is 2. The number of carbonyl (C=O) groups excluding carboxylic acids is 1. The Morgan fingerprint density at radius 1 is 1.02 bits per heavy atom. The second-order valence-electron chi connectivity index (χ2n) is 9.92. The molecule has 1 aliphatic carbocycles. The molecule has 0 aromatic carbocycles. The van der Waals surface area contributed by atoms with Crippen LogP contribution in [0.15, 0.2) is 24.5 Å². The van der Waals surface area contributed by atoms with Gasteiger partial charge in [-0.2, -0.15) is 26.3 Å². The minimum Gasteiger partial charge on any atom is -0.475 e. The van der Waals surface area contributed by atoms with Crippen LogP contribution in [0.25, 0.3) is 11.4 Å². The molecule has 1 saturated heterocycles. The quantitative estimate of drug-likeness (QED) is 0.495. The SMILES string of the molecule is COC(=O)N1Cc2nnc(-c3cccnc3)n2C2(CCN(CC3CC3)CC2)C1.O=C(O)C(F)(F)F.O=C(O)C(F)(F)F. The lowest BCUT2D eigenvalue weighted by atomic mass is 9.84. The summed E-state index contributed by atoms with van der Waals surface area (Å²) in [5, 5.41) is 23.2. The number of aromatic nitrogens is 4. The van der Waals surface area contributed by atoms with Crippen molar-refractivity contribution in [2.75, 3.05) is 33.3 Å². The van der Waals surface area contributed by atoms with E-state index in [1.807, 2.05) is 18.3 Å². The average Bonchev–Trinajstić information content (AvgIpc) is 3.64. The molecule has 42 heavy (non-hydrogen) atoms. The summed E-state index contributed by atoms with van der Waals surface area (Å²) >= 11 is 0. The molecule has 1 amide bonds. The third-order valence-electron chi connectivity index (χ3n) is 6.86. The minimum absolute atomic E-state index is 0.198. The zero-order chi connectivity index (χ0) is 31.3. The number of amides is 1. The predicted octanol–water partition coefficient (Wildman–Crippen LogP) is 3.39. The number of carboxylic acids is 2. The largest absolute Gasteiger partial charge is 0.490 e. The molecule has 0 radical (unpaired) electrons. The number of ether oxygens (including phenoxy) is 1. The van der Waals surface area contributed by atoms with Crippen LogP contribution in [0.5, 0.6) is 0 Å². The second kappa shape index (κ2) is 12.9. The summed E-state index contributed by atoms with van der Waals surface area (Å²) in [6, 6.07) is 3.94. The first-order valence-corrected chi connectivity index (χ1v) is 12.6. The van der Waals surface area contributed by atoms with E-state index in [2.05, 4.69) is 24.6 Å². The molecule has 2 aromatic rings. The van der Waals surface area contributed by atoms with Crippen molar-refractivity contribution in [1.82, 2.24) is 29.5 Å². The smallest absolute Gasteiger partial charge is 0.475 e. The van der Waals surface area contributed by atoms with E-state index in [-0.39, 0.29) is 11.6 Å². The second-order valence-corrected chi connectivity index (χ2v) is 9.92. The Bertz CT molecular complexity index is 1220. The van der Waals surface area contributed by atoms with Gasteiger partial charge in [-0.3, -0.25) is 9.88 Å². The van der Waals surface area contributed by atoms with Crippen molar-refractivity contribution >= 4 is 18.0 Å². The van der Waals surface area contributed by atoms with Gasteiger partial charge in [0.15, 0.2) is 11.6 Å². The third-order valence-corrected chi connectivity index (χ3v) is 6.86. The van der Waals surface area contributed by atoms with Crippen LogP contribution in [0.3, 0.4) is 0 Å². The van der Waals surface area contributed by atoms with Gasteiger partial charge in [0.25, 0.3) is 0 Å². The van der Waals surface area contributed by atoms with E-state index in [0.717, 1.165) is 49.1 Å². The Kier molecular flexibility index (Phi) is 10.0. The molecule has 0 unspecified atom stereocenters. The molecule has 2 fully saturated rings. The summed E-state index contributed by atoms with van der Waals surface area (Å²) in [6.45, 7) is 4.34. The molecule has 0 atom stereocenters. The van der Waals surface area contributed by atoms with Gasteiger partial charge in [0, 0.05) is 44.1 Å². The van der Waals surface area contributed by atoms with Gasteiger partial charge in [-0.25, -0.2) is 14.4 Å². The fourth-order valence-electron chi connectivity index (χ4n) is 4.71. The number of alkyl halides is 6. The van der Waals surface area contributed by atoms with E-state index in [1.165, 1.54) is 26.5 Å². The van der Waals surface area contributed by atoms with Gasteiger partial charge in [0.2, 0.25) is 0 Å². The molecular weight excluding hydrogens is 582 g/mol. The van der Waals surface area contributed by atoms with E-state index in [0.29, 0.717) is 13.1 Å². The zero-order valence-electron chi connectivity index (χ0n) is 22.2. The van der Waals surface area contributed by atoms with Crippen molar-refractivity contribution in [3.8, 4) is 11.4 Å². The number of methoxy groups -OCH3 is 1. The Labute approximate surface area is 234 Å². The number of halogens is 6. The number of piperidine rings is 1. The normalized spacial score (nSPS) is 18.1. The molecule has 3 aliphatic rings. The predicted molar refractivity (Wildman–Crippen MR) is 130 cm³/mol. The first-order chi connectivity index (χ1) is 19.6. The van der Waals surface area contributed by atoms with Crippen LogP contribution in [0.4, 0.5) is 31.1 Å². The van der Waals surface area contributed by atoms with Crippen LogP contribution >= 0.6 is 0 Å². The van der Waals surface area contributed by atoms with Gasteiger partial charge < -0.3 is 24.4 Å². The maximum absolute atomic E-state index is 12.3. The average molecular weight is 611 g/mol. The lowest BCUT2D eigenvalue weighted by molar-refractivity contribution is -0.193. The summed E-state index contributed by atoms with van der Waals surface area (Å²) < 4.78 is 70.8. The molecule has 2 aliphatic heterocycles. The van der Waals surface area contributed by atoms with E-state index in [9.17, 15) is 31.1 Å². The van der Waals surface area contributed by atoms with E-state index in [4.69, 9.17) is 24.5 Å². The maximum atomic E-state index is 12.3. The maximum Gasteiger partial charge on any atom is 0.490 e. The Balaban J connectivity index is 0.000000289. The molecule has 232 valence electrons. The standard InChI is InChI=1S/C20H26N6O2.2C2HF3O2/c1-28-19(27)25-13-17-22-23-18(16-3-2-8-21-11-16)26(17)20(14-25)6-9-24(10-7-20)12-15-4-5-15;2*3-2(4,5)1(6)7/h2-3,8,11,15H,4-7,9-10,12-14H2,1H3;2*(H,6,7). The van der Waals surface area contributed by atoms with Gasteiger partial charge in [-0.05, 0) is 43.7 Å². The highest BCUT2D eigenvalue weighted by molar-refractivity contribution is 5.73. The first-order valence-electron chi connectivity index (χ1n) is 12.6. The monoisotopic (exact) mass is 610 g/mol. The van der Waals surface area contributed by atoms with E-state index >= 15 is 0 Å². The molecule has 1 saturated carbocycles.